The maximum absolute atomic E-state index is 12.7. The van der Waals surface area contributed by atoms with Crippen molar-refractivity contribution in [1.82, 2.24) is 9.80 Å². The monoisotopic (exact) mass is 347 g/mol. The van der Waals surface area contributed by atoms with Crippen LogP contribution in [0.1, 0.15) is 27.2 Å². The van der Waals surface area contributed by atoms with E-state index in [4.69, 9.17) is 0 Å². The summed E-state index contributed by atoms with van der Waals surface area (Å²) >= 11 is 0. The van der Waals surface area contributed by atoms with E-state index >= 15 is 0 Å². The molecule has 3 fully saturated rings. The zero-order valence-electron chi connectivity index (χ0n) is 15.7. The Morgan fingerprint density at radius 3 is 2.32 bits per heavy atom. The van der Waals surface area contributed by atoms with Gasteiger partial charge in [-0.3, -0.25) is 14.6 Å². The Bertz CT molecular complexity index is 632. The summed E-state index contributed by atoms with van der Waals surface area (Å²) < 4.78 is 0. The van der Waals surface area contributed by atoms with Crippen LogP contribution in [0.4, 0.5) is 0 Å². The maximum atomic E-state index is 12.7. The van der Waals surface area contributed by atoms with Gasteiger partial charge in [0.1, 0.15) is 0 Å². The Kier molecular flexibility index (Phi) is 4.52. The van der Waals surface area contributed by atoms with Crippen molar-refractivity contribution < 1.29 is 14.7 Å². The highest BCUT2D eigenvalue weighted by molar-refractivity contribution is 6.12. The SMILES string of the molecule is C/C=C(\C=N/C)C(=O)N1CC(CO)C2(C1)CN(C(=O)[C@H]1CC1(C)C)C2. The van der Waals surface area contributed by atoms with E-state index in [1.165, 1.54) is 0 Å². The van der Waals surface area contributed by atoms with Crippen molar-refractivity contribution in [2.24, 2.45) is 27.7 Å². The van der Waals surface area contributed by atoms with Gasteiger partial charge in [-0.05, 0) is 18.8 Å². The van der Waals surface area contributed by atoms with Gasteiger partial charge in [0.05, 0.1) is 5.57 Å². The molecule has 1 unspecified atom stereocenters. The second-order valence-electron chi connectivity index (χ2n) is 8.50. The average Bonchev–Trinajstić information content (AvgIpc) is 3.02. The van der Waals surface area contributed by atoms with Crippen LogP contribution in [0.25, 0.3) is 0 Å². The molecule has 6 heteroatoms. The fraction of sp³-hybridized carbons (Fsp3) is 0.737. The summed E-state index contributed by atoms with van der Waals surface area (Å²) in [6.07, 6.45) is 4.30. The van der Waals surface area contributed by atoms with Crippen LogP contribution < -0.4 is 0 Å². The minimum Gasteiger partial charge on any atom is -0.396 e. The van der Waals surface area contributed by atoms with E-state index in [0.29, 0.717) is 31.8 Å². The third kappa shape index (κ3) is 3.01. The number of hydrogen-bond acceptors (Lipinski definition) is 4. The number of aliphatic hydroxyl groups excluding tert-OH is 1. The van der Waals surface area contributed by atoms with E-state index in [9.17, 15) is 14.7 Å². The molecule has 2 aliphatic heterocycles. The molecule has 1 N–H and O–H groups in total. The van der Waals surface area contributed by atoms with Crippen LogP contribution >= 0.6 is 0 Å². The highest BCUT2D eigenvalue weighted by Crippen LogP contribution is 2.54. The number of carbonyl (C=O) groups excluding carboxylic acids is 2. The summed E-state index contributed by atoms with van der Waals surface area (Å²) in [4.78, 5) is 32.9. The minimum atomic E-state index is -0.151. The van der Waals surface area contributed by atoms with Gasteiger partial charge in [0.25, 0.3) is 5.91 Å². The number of hydrogen-bond donors (Lipinski definition) is 1. The van der Waals surface area contributed by atoms with Crippen LogP contribution in [0.2, 0.25) is 0 Å². The largest absolute Gasteiger partial charge is 0.396 e. The number of rotatable bonds is 4. The first-order chi connectivity index (χ1) is 11.8. The molecular weight excluding hydrogens is 318 g/mol. The van der Waals surface area contributed by atoms with Gasteiger partial charge in [-0.1, -0.05) is 19.9 Å². The Hall–Kier alpha value is -1.69. The van der Waals surface area contributed by atoms with E-state index in [2.05, 4.69) is 18.8 Å². The van der Waals surface area contributed by atoms with Crippen molar-refractivity contribution in [3.8, 4) is 0 Å². The minimum absolute atomic E-state index is 0.0318. The lowest BCUT2D eigenvalue weighted by Gasteiger charge is -2.51. The number of nitrogens with zero attached hydrogens (tertiary/aromatic N) is 3. The van der Waals surface area contributed by atoms with Gasteiger partial charge in [0, 0.05) is 63.3 Å². The molecule has 0 aromatic rings. The third-order valence-electron chi connectivity index (χ3n) is 6.28. The molecule has 3 aliphatic rings. The first kappa shape index (κ1) is 18.1. The zero-order chi connectivity index (χ0) is 18.4. The van der Waals surface area contributed by atoms with Crippen LogP contribution in [-0.4, -0.2) is 72.8 Å². The smallest absolute Gasteiger partial charge is 0.255 e. The molecule has 2 amide bonds. The van der Waals surface area contributed by atoms with Gasteiger partial charge in [0.2, 0.25) is 5.91 Å². The average molecular weight is 347 g/mol. The molecule has 6 nitrogen and oxygen atoms in total. The molecule has 2 atom stereocenters. The van der Waals surface area contributed by atoms with Crippen LogP contribution in [0.15, 0.2) is 16.6 Å². The molecule has 25 heavy (non-hydrogen) atoms. The molecular formula is C19H29N3O3. The summed E-state index contributed by atoms with van der Waals surface area (Å²) in [6.45, 7) is 8.59. The molecule has 1 saturated carbocycles. The topological polar surface area (TPSA) is 73.2 Å². The van der Waals surface area contributed by atoms with Crippen molar-refractivity contribution >= 4 is 18.0 Å². The summed E-state index contributed by atoms with van der Waals surface area (Å²) in [6, 6.07) is 0. The second kappa shape index (κ2) is 6.24. The molecule has 0 aromatic carbocycles. The van der Waals surface area contributed by atoms with Gasteiger partial charge in [-0.25, -0.2) is 0 Å². The number of allylic oxidation sites excluding steroid dienone is 1. The van der Waals surface area contributed by atoms with E-state index in [1.807, 2.05) is 11.8 Å². The predicted octanol–water partition coefficient (Wildman–Crippen LogP) is 0.959. The number of carbonyl (C=O) groups is 2. The van der Waals surface area contributed by atoms with Crippen molar-refractivity contribution in [3.05, 3.63) is 11.6 Å². The fourth-order valence-corrected chi connectivity index (χ4v) is 4.35. The van der Waals surface area contributed by atoms with E-state index in [1.54, 1.807) is 24.2 Å². The van der Waals surface area contributed by atoms with Crippen LogP contribution in [0, 0.1) is 22.7 Å². The molecule has 3 rings (SSSR count). The lowest BCUT2D eigenvalue weighted by Crippen LogP contribution is -2.63. The molecule has 0 aromatic heterocycles. The van der Waals surface area contributed by atoms with Crippen LogP contribution in [-0.2, 0) is 9.59 Å². The van der Waals surface area contributed by atoms with Crippen molar-refractivity contribution in [2.45, 2.75) is 27.2 Å². The summed E-state index contributed by atoms with van der Waals surface area (Å²) in [7, 11) is 1.65. The van der Waals surface area contributed by atoms with Crippen LogP contribution in [0.5, 0.6) is 0 Å². The number of likely N-dealkylation sites (tertiary alicyclic amines) is 2. The molecule has 2 saturated heterocycles. The summed E-state index contributed by atoms with van der Waals surface area (Å²) in [5.41, 5.74) is 0.554. The number of aliphatic imine (C=N–C) groups is 1. The quantitative estimate of drug-likeness (QED) is 0.608. The molecule has 138 valence electrons. The molecule has 2 heterocycles. The lowest BCUT2D eigenvalue weighted by molar-refractivity contribution is -0.148. The van der Waals surface area contributed by atoms with Gasteiger partial charge >= 0.3 is 0 Å². The molecule has 0 bridgehead atoms. The highest BCUT2D eigenvalue weighted by atomic mass is 16.3. The highest BCUT2D eigenvalue weighted by Gasteiger charge is 2.60. The zero-order valence-corrected chi connectivity index (χ0v) is 15.7. The van der Waals surface area contributed by atoms with Crippen molar-refractivity contribution in [2.75, 3.05) is 39.8 Å². The number of aliphatic hydroxyl groups is 1. The molecule has 1 aliphatic carbocycles. The standard InChI is InChI=1S/C19H29N3O3/c1-5-13(7-20-4)16(24)21-8-14(9-23)19(10-21)11-22(12-19)17(25)15-6-18(15,2)3/h5,7,14-15,23H,6,8-12H2,1-4H3/b13-5+,20-7-/t14?,15-/m1/s1. The van der Waals surface area contributed by atoms with Gasteiger partial charge in [-0.15, -0.1) is 0 Å². The van der Waals surface area contributed by atoms with Gasteiger partial charge < -0.3 is 14.9 Å². The first-order valence-electron chi connectivity index (χ1n) is 9.05. The summed E-state index contributed by atoms with van der Waals surface area (Å²) in [5, 5.41) is 9.81. The number of amides is 2. The Balaban J connectivity index is 1.65. The van der Waals surface area contributed by atoms with Crippen molar-refractivity contribution in [1.29, 1.82) is 0 Å². The van der Waals surface area contributed by atoms with Crippen LogP contribution in [0.3, 0.4) is 0 Å². The van der Waals surface area contributed by atoms with Gasteiger partial charge in [-0.2, -0.15) is 0 Å². The maximum Gasteiger partial charge on any atom is 0.255 e. The van der Waals surface area contributed by atoms with E-state index in [0.717, 1.165) is 6.42 Å². The fourth-order valence-electron chi connectivity index (χ4n) is 4.35. The first-order valence-corrected chi connectivity index (χ1v) is 9.05. The Labute approximate surface area is 149 Å². The third-order valence-corrected chi connectivity index (χ3v) is 6.28. The second-order valence-corrected chi connectivity index (χ2v) is 8.50. The summed E-state index contributed by atoms with van der Waals surface area (Å²) in [5.74, 6) is 0.372. The lowest BCUT2D eigenvalue weighted by atomic mass is 9.71. The molecule has 1 spiro atoms. The van der Waals surface area contributed by atoms with E-state index < -0.39 is 0 Å². The van der Waals surface area contributed by atoms with Gasteiger partial charge in [0.15, 0.2) is 0 Å². The Morgan fingerprint density at radius 2 is 1.84 bits per heavy atom. The van der Waals surface area contributed by atoms with Crippen molar-refractivity contribution in [3.63, 3.8) is 0 Å². The Morgan fingerprint density at radius 1 is 1.24 bits per heavy atom. The normalized spacial score (nSPS) is 30.0. The molecule has 0 radical (unpaired) electrons. The van der Waals surface area contributed by atoms with E-state index in [-0.39, 0.29) is 41.1 Å². The predicted molar refractivity (Wildman–Crippen MR) is 96.2 cm³/mol.